The van der Waals surface area contributed by atoms with E-state index in [1.54, 1.807) is 0 Å². The fourth-order valence-electron chi connectivity index (χ4n) is 2.66. The van der Waals surface area contributed by atoms with Crippen LogP contribution in [0.15, 0.2) is 0 Å². The minimum absolute atomic E-state index is 0.0506. The van der Waals surface area contributed by atoms with Gasteiger partial charge < -0.3 is 54.0 Å². The van der Waals surface area contributed by atoms with Gasteiger partial charge in [-0.3, -0.25) is 30.0 Å². The van der Waals surface area contributed by atoms with Crippen LogP contribution < -0.4 is 43.8 Å². The molecular weight excluding hydrogens is 468 g/mol. The number of carboxylic acid groups (broad SMARTS) is 2. The van der Waals surface area contributed by atoms with E-state index in [0.717, 1.165) is 0 Å². The number of nitrogens with two attached hydrogens (primary N) is 3. The van der Waals surface area contributed by atoms with E-state index in [9.17, 15) is 29.1 Å². The smallest absolute Gasteiger partial charge is 0.326 e. The third-order valence-electron chi connectivity index (χ3n) is 4.40. The highest BCUT2D eigenvalue weighted by Gasteiger charge is 2.28. The maximum Gasteiger partial charge on any atom is 0.326 e. The van der Waals surface area contributed by atoms with E-state index >= 15 is 0 Å². The average Bonchev–Trinajstić information content (AvgIpc) is 2.75. The van der Waals surface area contributed by atoms with E-state index in [-0.39, 0.29) is 37.7 Å². The average molecular weight is 503 g/mol. The molecule has 0 aromatic heterocycles. The molecule has 0 aromatic rings. The predicted octanol–water partition coefficient (Wildman–Crippen LogP) is -4.51. The Morgan fingerprint density at radius 1 is 0.771 bits per heavy atom. The summed E-state index contributed by atoms with van der Waals surface area (Å²) >= 11 is 0. The molecule has 0 unspecified atom stereocenters. The van der Waals surface area contributed by atoms with Gasteiger partial charge >= 0.3 is 11.9 Å². The Balaban J connectivity index is 4.78. The molecule has 0 aliphatic carbocycles. The lowest BCUT2D eigenvalue weighted by Gasteiger charge is -2.21. The van der Waals surface area contributed by atoms with Crippen LogP contribution in [0.25, 0.3) is 0 Å². The molecule has 0 bridgehead atoms. The van der Waals surface area contributed by atoms with Crippen LogP contribution in [0.5, 0.6) is 0 Å². The first-order valence-electron chi connectivity index (χ1n) is 10.6. The molecule has 15 N–H and O–H groups in total. The third kappa shape index (κ3) is 15.3. The lowest BCUT2D eigenvalue weighted by Crippen LogP contribution is -2.54. The Hall–Kier alpha value is -4.15. The molecule has 3 amide bonds. The molecule has 0 aliphatic heterocycles. The summed E-state index contributed by atoms with van der Waals surface area (Å²) in [5, 5.41) is 44.0. The van der Waals surface area contributed by atoms with Gasteiger partial charge in [-0.05, 0) is 25.7 Å². The number of carboxylic acids is 2. The van der Waals surface area contributed by atoms with E-state index in [0.29, 0.717) is 13.0 Å². The van der Waals surface area contributed by atoms with Gasteiger partial charge in [0.05, 0.1) is 19.0 Å². The number of amides is 3. The van der Waals surface area contributed by atoms with E-state index in [4.69, 9.17) is 33.1 Å². The second kappa shape index (κ2) is 16.5. The van der Waals surface area contributed by atoms with E-state index in [1.165, 1.54) is 0 Å². The topological polar surface area (TPSA) is 312 Å². The van der Waals surface area contributed by atoms with Crippen molar-refractivity contribution in [1.29, 1.82) is 10.8 Å². The maximum absolute atomic E-state index is 12.5. The molecule has 198 valence electrons. The van der Waals surface area contributed by atoms with Crippen LogP contribution in [0, 0.1) is 10.8 Å². The highest BCUT2D eigenvalue weighted by atomic mass is 16.4. The van der Waals surface area contributed by atoms with Crippen molar-refractivity contribution in [3.8, 4) is 0 Å². The van der Waals surface area contributed by atoms with Gasteiger partial charge in [-0.25, -0.2) is 4.79 Å². The summed E-state index contributed by atoms with van der Waals surface area (Å²) in [4.78, 5) is 59.1. The SMILES string of the molecule is N=C(N)NCCC[C@H](NC(=O)[C@H](CC(=O)O)NC(=O)CNC(=O)[C@@H](N)CCCNC(=N)N)C(=O)O. The number of rotatable bonds is 17. The molecule has 0 saturated heterocycles. The second-order valence-electron chi connectivity index (χ2n) is 7.41. The van der Waals surface area contributed by atoms with Gasteiger partial charge in [0.1, 0.15) is 12.1 Å². The Morgan fingerprint density at radius 2 is 1.31 bits per heavy atom. The molecule has 0 saturated carbocycles. The van der Waals surface area contributed by atoms with E-state index in [1.807, 2.05) is 0 Å². The first kappa shape index (κ1) is 30.8. The molecule has 0 aliphatic rings. The lowest BCUT2D eigenvalue weighted by atomic mass is 10.1. The van der Waals surface area contributed by atoms with E-state index < -0.39 is 60.8 Å². The molecule has 17 nitrogen and oxygen atoms in total. The van der Waals surface area contributed by atoms with Crippen LogP contribution in [0.3, 0.4) is 0 Å². The largest absolute Gasteiger partial charge is 0.481 e. The first-order valence-corrected chi connectivity index (χ1v) is 10.6. The molecule has 0 radical (unpaired) electrons. The fraction of sp³-hybridized carbons (Fsp3) is 0.611. The zero-order valence-corrected chi connectivity index (χ0v) is 19.1. The molecule has 0 fully saturated rings. The summed E-state index contributed by atoms with van der Waals surface area (Å²) in [7, 11) is 0. The normalized spacial score (nSPS) is 12.8. The summed E-state index contributed by atoms with van der Waals surface area (Å²) in [6, 6.07) is -3.93. The van der Waals surface area contributed by atoms with Crippen LogP contribution in [0.2, 0.25) is 0 Å². The summed E-state index contributed by atoms with van der Waals surface area (Å²) in [5.41, 5.74) is 16.0. The summed E-state index contributed by atoms with van der Waals surface area (Å²) in [6.45, 7) is -0.0899. The number of guanidine groups is 2. The standard InChI is InChI=1S/C18H34N10O7/c19-9(3-1-5-24-17(20)21)14(32)26-8-12(29)27-11(7-13(30)31)15(33)28-10(16(34)35)4-2-6-25-18(22)23/h9-11H,1-8,19H2,(H,26,32)(H,27,29)(H,28,33)(H,30,31)(H,34,35)(H4,20,21,24)(H4,22,23,25)/t9-,10-,11-/m0/s1. The zero-order chi connectivity index (χ0) is 27.0. The van der Waals surface area contributed by atoms with Crippen molar-refractivity contribution in [1.82, 2.24) is 26.6 Å². The zero-order valence-electron chi connectivity index (χ0n) is 19.1. The second-order valence-corrected chi connectivity index (χ2v) is 7.41. The van der Waals surface area contributed by atoms with Gasteiger partial charge in [-0.1, -0.05) is 0 Å². The Labute approximate surface area is 200 Å². The fourth-order valence-corrected chi connectivity index (χ4v) is 2.66. The van der Waals surface area contributed by atoms with E-state index in [2.05, 4.69) is 26.6 Å². The van der Waals surface area contributed by atoms with Crippen molar-refractivity contribution in [2.45, 2.75) is 50.2 Å². The third-order valence-corrected chi connectivity index (χ3v) is 4.40. The van der Waals surface area contributed by atoms with Gasteiger partial charge in [0.25, 0.3) is 0 Å². The monoisotopic (exact) mass is 502 g/mol. The maximum atomic E-state index is 12.5. The molecule has 0 spiro atoms. The van der Waals surface area contributed by atoms with Crippen LogP contribution in [-0.2, 0) is 24.0 Å². The molecule has 35 heavy (non-hydrogen) atoms. The van der Waals surface area contributed by atoms with Gasteiger partial charge in [-0.2, -0.15) is 0 Å². The Kier molecular flexibility index (Phi) is 14.5. The van der Waals surface area contributed by atoms with Gasteiger partial charge in [0, 0.05) is 13.1 Å². The van der Waals surface area contributed by atoms with Crippen molar-refractivity contribution in [3.05, 3.63) is 0 Å². The minimum atomic E-state index is -1.60. The number of nitrogens with one attached hydrogen (secondary N) is 7. The van der Waals surface area contributed by atoms with Crippen molar-refractivity contribution in [2.24, 2.45) is 17.2 Å². The lowest BCUT2D eigenvalue weighted by molar-refractivity contribution is -0.143. The number of hydrogen-bond donors (Lipinski definition) is 12. The highest BCUT2D eigenvalue weighted by molar-refractivity contribution is 5.94. The summed E-state index contributed by atoms with van der Waals surface area (Å²) < 4.78 is 0. The molecule has 17 heteroatoms. The Morgan fingerprint density at radius 3 is 1.80 bits per heavy atom. The summed E-state index contributed by atoms with van der Waals surface area (Å²) in [6.07, 6.45) is 0.00827. The first-order chi connectivity index (χ1) is 16.3. The van der Waals surface area contributed by atoms with Crippen LogP contribution in [0.1, 0.15) is 32.1 Å². The molecule has 0 aromatic carbocycles. The van der Waals surface area contributed by atoms with Crippen molar-refractivity contribution < 1.29 is 34.2 Å². The van der Waals surface area contributed by atoms with Gasteiger partial charge in [-0.15, -0.1) is 0 Å². The van der Waals surface area contributed by atoms with Crippen LogP contribution >= 0.6 is 0 Å². The van der Waals surface area contributed by atoms with Crippen molar-refractivity contribution in [2.75, 3.05) is 19.6 Å². The Bertz CT molecular complexity index is 792. The number of carbonyl (C=O) groups is 5. The van der Waals surface area contributed by atoms with Gasteiger partial charge in [0.15, 0.2) is 11.9 Å². The van der Waals surface area contributed by atoms with Gasteiger partial charge in [0.2, 0.25) is 17.7 Å². The quantitative estimate of drug-likeness (QED) is 0.0508. The van der Waals surface area contributed by atoms with Crippen LogP contribution in [-0.4, -0.2) is 89.6 Å². The summed E-state index contributed by atoms with van der Waals surface area (Å²) in [5.74, 6) is -5.90. The van der Waals surface area contributed by atoms with Crippen molar-refractivity contribution in [3.63, 3.8) is 0 Å². The minimum Gasteiger partial charge on any atom is -0.481 e. The molecule has 0 rings (SSSR count). The van der Waals surface area contributed by atoms with Crippen molar-refractivity contribution >= 4 is 41.6 Å². The number of carbonyl (C=O) groups excluding carboxylic acids is 3. The number of aliphatic carboxylic acids is 2. The van der Waals surface area contributed by atoms with Crippen LogP contribution in [0.4, 0.5) is 0 Å². The molecule has 0 heterocycles. The number of hydrogen-bond acceptors (Lipinski definition) is 8. The highest BCUT2D eigenvalue weighted by Crippen LogP contribution is 2.01. The molecule has 3 atom stereocenters. The molecular formula is C18H34N10O7. The predicted molar refractivity (Wildman–Crippen MR) is 123 cm³/mol.